The number of nitrogens with zero attached hydrogens (tertiary/aromatic N) is 4. The maximum absolute atomic E-state index is 4.44. The second-order valence-corrected chi connectivity index (χ2v) is 5.35. The van der Waals surface area contributed by atoms with Crippen molar-refractivity contribution in [2.45, 2.75) is 26.3 Å². The van der Waals surface area contributed by atoms with Crippen LogP contribution in [0.4, 0.5) is 5.82 Å². The van der Waals surface area contributed by atoms with E-state index in [1.807, 2.05) is 6.20 Å². The smallest absolute Gasteiger partial charge is 0.182 e. The van der Waals surface area contributed by atoms with E-state index in [0.717, 1.165) is 22.8 Å². The quantitative estimate of drug-likeness (QED) is 0.764. The molecule has 0 spiro atoms. The number of hydrogen-bond donors (Lipinski definition) is 2. The molecule has 0 aliphatic heterocycles. The number of fused-ring (bicyclic) bond motifs is 1. The van der Waals surface area contributed by atoms with E-state index >= 15 is 0 Å². The molecule has 0 aromatic carbocycles. The molecule has 0 aliphatic rings. The number of nitrogens with one attached hydrogen (secondary N) is 2. The van der Waals surface area contributed by atoms with Gasteiger partial charge in [-0.3, -0.25) is 0 Å². The van der Waals surface area contributed by atoms with Gasteiger partial charge in [-0.15, -0.1) is 11.3 Å². The van der Waals surface area contributed by atoms with Crippen LogP contribution in [0, 0.1) is 0 Å². The first kappa shape index (κ1) is 12.0. The maximum atomic E-state index is 4.44. The highest BCUT2D eigenvalue weighted by atomic mass is 32.1. The summed E-state index contributed by atoms with van der Waals surface area (Å²) in [6.45, 7) is 4.20. The molecule has 19 heavy (non-hydrogen) atoms. The fourth-order valence-corrected chi connectivity index (χ4v) is 2.69. The third-order valence-electron chi connectivity index (χ3n) is 2.87. The molecule has 3 rings (SSSR count). The highest BCUT2D eigenvalue weighted by molar-refractivity contribution is 7.11. The van der Waals surface area contributed by atoms with E-state index < -0.39 is 0 Å². The van der Waals surface area contributed by atoms with Gasteiger partial charge in [0.25, 0.3) is 0 Å². The molecule has 0 unspecified atom stereocenters. The number of thiazole rings is 1. The summed E-state index contributed by atoms with van der Waals surface area (Å²) in [5, 5.41) is 4.41. The van der Waals surface area contributed by atoms with E-state index in [-0.39, 0.29) is 6.04 Å². The minimum atomic E-state index is 0.103. The Bertz CT molecular complexity index is 688. The molecule has 3 aromatic rings. The zero-order valence-electron chi connectivity index (χ0n) is 10.7. The molecule has 6 nitrogen and oxygen atoms in total. The molecular weight excluding hydrogens is 260 g/mol. The first-order valence-electron chi connectivity index (χ1n) is 6.13. The highest BCUT2D eigenvalue weighted by Crippen LogP contribution is 2.25. The Balaban J connectivity index is 1.86. The lowest BCUT2D eigenvalue weighted by Crippen LogP contribution is -2.08. The predicted molar refractivity (Wildman–Crippen MR) is 75.2 cm³/mol. The second-order valence-electron chi connectivity index (χ2n) is 4.21. The molecular formula is C12H14N6S. The summed E-state index contributed by atoms with van der Waals surface area (Å²) in [6.07, 6.45) is 6.08. The lowest BCUT2D eigenvalue weighted by Gasteiger charge is -2.11. The number of rotatable bonds is 4. The average Bonchev–Trinajstić information content (AvgIpc) is 3.08. The number of hydrogen-bond acceptors (Lipinski definition) is 6. The van der Waals surface area contributed by atoms with Crippen molar-refractivity contribution in [1.29, 1.82) is 0 Å². The molecule has 0 radical (unpaired) electrons. The largest absolute Gasteiger partial charge is 0.359 e. The van der Waals surface area contributed by atoms with Crippen LogP contribution in [0.3, 0.4) is 0 Å². The third kappa shape index (κ3) is 2.28. The number of anilines is 1. The summed E-state index contributed by atoms with van der Waals surface area (Å²) < 4.78 is 0. The van der Waals surface area contributed by atoms with Crippen molar-refractivity contribution >= 4 is 28.3 Å². The summed E-state index contributed by atoms with van der Waals surface area (Å²) in [6, 6.07) is 0.103. The van der Waals surface area contributed by atoms with E-state index in [9.17, 15) is 0 Å². The van der Waals surface area contributed by atoms with Gasteiger partial charge in [0, 0.05) is 11.1 Å². The normalized spacial score (nSPS) is 12.7. The second kappa shape index (κ2) is 4.93. The van der Waals surface area contributed by atoms with Crippen LogP contribution in [0.15, 0.2) is 18.9 Å². The van der Waals surface area contributed by atoms with Crippen molar-refractivity contribution in [3.8, 4) is 0 Å². The zero-order valence-corrected chi connectivity index (χ0v) is 11.5. The van der Waals surface area contributed by atoms with Crippen molar-refractivity contribution < 1.29 is 0 Å². The molecule has 0 aliphatic carbocycles. The van der Waals surface area contributed by atoms with Crippen LogP contribution in [0.5, 0.6) is 0 Å². The van der Waals surface area contributed by atoms with Crippen LogP contribution in [-0.2, 0) is 6.42 Å². The van der Waals surface area contributed by atoms with Gasteiger partial charge in [0.15, 0.2) is 11.5 Å². The fraction of sp³-hybridized carbons (Fsp3) is 0.333. The first-order chi connectivity index (χ1) is 9.28. The van der Waals surface area contributed by atoms with Gasteiger partial charge in [0.1, 0.15) is 16.9 Å². The minimum Gasteiger partial charge on any atom is -0.359 e. The van der Waals surface area contributed by atoms with Crippen molar-refractivity contribution in [2.75, 3.05) is 5.32 Å². The Morgan fingerprint density at radius 1 is 1.32 bits per heavy atom. The Morgan fingerprint density at radius 2 is 2.21 bits per heavy atom. The van der Waals surface area contributed by atoms with Gasteiger partial charge in [-0.2, -0.15) is 0 Å². The van der Waals surface area contributed by atoms with Crippen molar-refractivity contribution in [1.82, 2.24) is 24.9 Å². The third-order valence-corrected chi connectivity index (χ3v) is 4.19. The molecule has 7 heteroatoms. The van der Waals surface area contributed by atoms with Crippen molar-refractivity contribution in [3.05, 3.63) is 28.7 Å². The lowest BCUT2D eigenvalue weighted by molar-refractivity contribution is 0.861. The molecule has 0 saturated heterocycles. The molecule has 3 aromatic heterocycles. The summed E-state index contributed by atoms with van der Waals surface area (Å²) in [5.74, 6) is 0.753. The van der Waals surface area contributed by atoms with E-state index in [2.05, 4.69) is 44.1 Å². The monoisotopic (exact) mass is 274 g/mol. The predicted octanol–water partition coefficient (Wildman–Crippen LogP) is 2.54. The fourth-order valence-electron chi connectivity index (χ4n) is 1.83. The number of aryl methyl sites for hydroxylation is 1. The van der Waals surface area contributed by atoms with Gasteiger partial charge >= 0.3 is 0 Å². The van der Waals surface area contributed by atoms with Crippen LogP contribution in [-0.4, -0.2) is 24.9 Å². The summed E-state index contributed by atoms with van der Waals surface area (Å²) in [4.78, 5) is 21.2. The maximum Gasteiger partial charge on any atom is 0.182 e. The molecule has 1 atom stereocenters. The molecule has 0 amide bonds. The number of H-pyrrole nitrogens is 1. The Kier molecular flexibility index (Phi) is 3.12. The Labute approximate surface area is 114 Å². The van der Waals surface area contributed by atoms with Gasteiger partial charge in [0.2, 0.25) is 0 Å². The Hall–Kier alpha value is -2.02. The van der Waals surface area contributed by atoms with Crippen molar-refractivity contribution in [2.24, 2.45) is 0 Å². The van der Waals surface area contributed by atoms with Crippen molar-refractivity contribution in [3.63, 3.8) is 0 Å². The topological polar surface area (TPSA) is 79.4 Å². The molecule has 3 heterocycles. The molecule has 0 saturated carbocycles. The number of imidazole rings is 1. The molecule has 98 valence electrons. The number of aromatic nitrogens is 5. The lowest BCUT2D eigenvalue weighted by atomic mass is 10.3. The average molecular weight is 274 g/mol. The van der Waals surface area contributed by atoms with Gasteiger partial charge in [-0.05, 0) is 13.3 Å². The van der Waals surface area contributed by atoms with E-state index in [1.54, 1.807) is 17.7 Å². The van der Waals surface area contributed by atoms with Crippen LogP contribution >= 0.6 is 11.3 Å². The summed E-state index contributed by atoms with van der Waals surface area (Å²) >= 11 is 1.72. The molecule has 0 bridgehead atoms. The molecule has 0 fully saturated rings. The SMILES string of the molecule is CCc1cnc([C@@H](C)Nc2ncnc3nc[nH]c23)s1. The van der Waals surface area contributed by atoms with Crippen LogP contribution in [0.25, 0.3) is 11.2 Å². The van der Waals surface area contributed by atoms with Crippen LogP contribution in [0.1, 0.15) is 29.8 Å². The van der Waals surface area contributed by atoms with E-state index in [4.69, 9.17) is 0 Å². The first-order valence-corrected chi connectivity index (χ1v) is 6.94. The minimum absolute atomic E-state index is 0.103. The van der Waals surface area contributed by atoms with Gasteiger partial charge < -0.3 is 10.3 Å². The van der Waals surface area contributed by atoms with Gasteiger partial charge in [-0.1, -0.05) is 6.92 Å². The Morgan fingerprint density at radius 3 is 3.00 bits per heavy atom. The standard InChI is InChI=1S/C12H14N6S/c1-3-8-4-13-12(19-8)7(2)18-11-9-10(15-5-14-9)16-6-17-11/h4-7H,3H2,1-2H3,(H2,14,15,16,17,18)/t7-/m1/s1. The summed E-state index contributed by atoms with van der Waals surface area (Å²) in [5.41, 5.74) is 1.49. The zero-order chi connectivity index (χ0) is 13.2. The van der Waals surface area contributed by atoms with E-state index in [1.165, 1.54) is 11.2 Å². The molecule has 2 N–H and O–H groups in total. The van der Waals surface area contributed by atoms with Gasteiger partial charge in [0.05, 0.1) is 12.4 Å². The van der Waals surface area contributed by atoms with E-state index in [0.29, 0.717) is 5.65 Å². The van der Waals surface area contributed by atoms with Crippen LogP contribution < -0.4 is 5.32 Å². The number of aromatic amines is 1. The van der Waals surface area contributed by atoms with Gasteiger partial charge in [-0.25, -0.2) is 19.9 Å². The summed E-state index contributed by atoms with van der Waals surface area (Å²) in [7, 11) is 0. The van der Waals surface area contributed by atoms with Crippen LogP contribution in [0.2, 0.25) is 0 Å². The highest BCUT2D eigenvalue weighted by Gasteiger charge is 2.13.